The fourth-order valence-electron chi connectivity index (χ4n) is 2.59. The lowest BCUT2D eigenvalue weighted by Gasteiger charge is -2.17. The number of ether oxygens (including phenoxy) is 1. The van der Waals surface area contributed by atoms with Gasteiger partial charge in [-0.1, -0.05) is 44.2 Å². The summed E-state index contributed by atoms with van der Waals surface area (Å²) >= 11 is 0. The highest BCUT2D eigenvalue weighted by molar-refractivity contribution is 5.94. The molecule has 0 aliphatic heterocycles. The number of nitrogens with one attached hydrogen (secondary N) is 1. The van der Waals surface area contributed by atoms with Crippen LogP contribution >= 0.6 is 0 Å². The van der Waals surface area contributed by atoms with Crippen molar-refractivity contribution in [3.05, 3.63) is 65.7 Å². The molecule has 0 radical (unpaired) electrons. The second kappa shape index (κ2) is 10.5. The molecule has 0 aliphatic rings. The smallest absolute Gasteiger partial charge is 0.251 e. The SMILES string of the molecule is CCN(CC)CCCNC(=O)c1ccc(OCc2ccccc2)cc1. The molecule has 2 aromatic rings. The average molecular weight is 340 g/mol. The van der Waals surface area contributed by atoms with Gasteiger partial charge in [0.15, 0.2) is 0 Å². The van der Waals surface area contributed by atoms with Crippen LogP contribution in [0.25, 0.3) is 0 Å². The van der Waals surface area contributed by atoms with Gasteiger partial charge in [-0.2, -0.15) is 0 Å². The molecule has 0 bridgehead atoms. The number of rotatable bonds is 10. The summed E-state index contributed by atoms with van der Waals surface area (Å²) in [5, 5.41) is 2.97. The van der Waals surface area contributed by atoms with Gasteiger partial charge in [0.1, 0.15) is 12.4 Å². The van der Waals surface area contributed by atoms with Gasteiger partial charge in [-0.25, -0.2) is 0 Å². The zero-order valence-electron chi connectivity index (χ0n) is 15.2. The van der Waals surface area contributed by atoms with Gasteiger partial charge in [0.25, 0.3) is 5.91 Å². The second-order valence-corrected chi connectivity index (χ2v) is 5.93. The van der Waals surface area contributed by atoms with Crippen LogP contribution < -0.4 is 10.1 Å². The summed E-state index contributed by atoms with van der Waals surface area (Å²) in [5.41, 5.74) is 1.78. The quantitative estimate of drug-likeness (QED) is 0.670. The van der Waals surface area contributed by atoms with E-state index in [2.05, 4.69) is 24.1 Å². The number of carbonyl (C=O) groups is 1. The van der Waals surface area contributed by atoms with Gasteiger partial charge in [-0.3, -0.25) is 4.79 Å². The summed E-state index contributed by atoms with van der Waals surface area (Å²) in [4.78, 5) is 14.5. The van der Waals surface area contributed by atoms with E-state index in [-0.39, 0.29) is 5.91 Å². The molecule has 2 aromatic carbocycles. The fraction of sp³-hybridized carbons (Fsp3) is 0.381. The minimum Gasteiger partial charge on any atom is -0.489 e. The Morgan fingerprint density at radius 3 is 2.32 bits per heavy atom. The maximum Gasteiger partial charge on any atom is 0.251 e. The van der Waals surface area contributed by atoms with Crippen molar-refractivity contribution in [2.45, 2.75) is 26.9 Å². The molecule has 0 aliphatic carbocycles. The standard InChI is InChI=1S/C21H28N2O2/c1-3-23(4-2)16-8-15-22-21(24)19-11-13-20(14-12-19)25-17-18-9-6-5-7-10-18/h5-7,9-14H,3-4,8,15-17H2,1-2H3,(H,22,24). The largest absolute Gasteiger partial charge is 0.489 e. The van der Waals surface area contributed by atoms with Crippen LogP contribution in [0.2, 0.25) is 0 Å². The molecule has 0 aromatic heterocycles. The summed E-state index contributed by atoms with van der Waals surface area (Å²) in [6, 6.07) is 17.3. The molecule has 25 heavy (non-hydrogen) atoms. The Labute approximate surface area is 150 Å². The Bertz CT molecular complexity index is 622. The van der Waals surface area contributed by atoms with E-state index >= 15 is 0 Å². The van der Waals surface area contributed by atoms with Gasteiger partial charge < -0.3 is 15.0 Å². The highest BCUT2D eigenvalue weighted by atomic mass is 16.5. The van der Waals surface area contributed by atoms with Crippen LogP contribution in [0.1, 0.15) is 36.2 Å². The van der Waals surface area contributed by atoms with E-state index in [0.29, 0.717) is 18.7 Å². The van der Waals surface area contributed by atoms with E-state index in [9.17, 15) is 4.79 Å². The third kappa shape index (κ3) is 6.59. The molecule has 0 fully saturated rings. The summed E-state index contributed by atoms with van der Waals surface area (Å²) in [6.45, 7) is 8.65. The van der Waals surface area contributed by atoms with Gasteiger partial charge in [0.2, 0.25) is 0 Å². The number of hydrogen-bond donors (Lipinski definition) is 1. The molecule has 0 saturated carbocycles. The Morgan fingerprint density at radius 2 is 1.68 bits per heavy atom. The molecule has 0 heterocycles. The third-order valence-corrected chi connectivity index (χ3v) is 4.20. The van der Waals surface area contributed by atoms with Crippen molar-refractivity contribution in [1.82, 2.24) is 10.2 Å². The summed E-state index contributed by atoms with van der Waals surface area (Å²) in [7, 11) is 0. The van der Waals surface area contributed by atoms with E-state index < -0.39 is 0 Å². The van der Waals surface area contributed by atoms with Crippen molar-refractivity contribution in [3.63, 3.8) is 0 Å². The topological polar surface area (TPSA) is 41.6 Å². The van der Waals surface area contributed by atoms with Crippen molar-refractivity contribution in [2.24, 2.45) is 0 Å². The van der Waals surface area contributed by atoms with Crippen LogP contribution in [0.5, 0.6) is 5.75 Å². The molecule has 1 N–H and O–H groups in total. The molecule has 4 heteroatoms. The van der Waals surface area contributed by atoms with Gasteiger partial charge in [-0.05, 0) is 55.9 Å². The Balaban J connectivity index is 1.74. The first-order chi connectivity index (χ1) is 12.2. The fourth-order valence-corrected chi connectivity index (χ4v) is 2.59. The normalized spacial score (nSPS) is 10.7. The van der Waals surface area contributed by atoms with E-state index in [1.165, 1.54) is 0 Å². The third-order valence-electron chi connectivity index (χ3n) is 4.20. The number of carbonyl (C=O) groups excluding carboxylic acids is 1. The van der Waals surface area contributed by atoms with Crippen molar-refractivity contribution >= 4 is 5.91 Å². The van der Waals surface area contributed by atoms with E-state index in [1.807, 2.05) is 42.5 Å². The maximum absolute atomic E-state index is 12.2. The summed E-state index contributed by atoms with van der Waals surface area (Å²) in [6.07, 6.45) is 0.964. The monoisotopic (exact) mass is 340 g/mol. The maximum atomic E-state index is 12.2. The lowest BCUT2D eigenvalue weighted by Crippen LogP contribution is -2.29. The molecular formula is C21H28N2O2. The highest BCUT2D eigenvalue weighted by Crippen LogP contribution is 2.14. The van der Waals surface area contributed by atoms with Crippen molar-refractivity contribution in [1.29, 1.82) is 0 Å². The minimum atomic E-state index is -0.0332. The Hall–Kier alpha value is -2.33. The second-order valence-electron chi connectivity index (χ2n) is 5.93. The van der Waals surface area contributed by atoms with E-state index in [1.54, 1.807) is 12.1 Å². The van der Waals surface area contributed by atoms with Crippen LogP contribution in [0, 0.1) is 0 Å². The minimum absolute atomic E-state index is 0.0332. The van der Waals surface area contributed by atoms with Gasteiger partial charge in [0, 0.05) is 12.1 Å². The molecule has 0 unspecified atom stereocenters. The Morgan fingerprint density at radius 1 is 1.00 bits per heavy atom. The van der Waals surface area contributed by atoms with Gasteiger partial charge >= 0.3 is 0 Å². The molecule has 4 nitrogen and oxygen atoms in total. The number of amides is 1. The molecule has 2 rings (SSSR count). The lowest BCUT2D eigenvalue weighted by atomic mass is 10.2. The first-order valence-corrected chi connectivity index (χ1v) is 9.00. The zero-order valence-corrected chi connectivity index (χ0v) is 15.2. The van der Waals surface area contributed by atoms with Gasteiger partial charge in [-0.15, -0.1) is 0 Å². The van der Waals surface area contributed by atoms with Crippen LogP contribution in [0.4, 0.5) is 0 Å². The van der Waals surface area contributed by atoms with E-state index in [4.69, 9.17) is 4.74 Å². The van der Waals surface area contributed by atoms with E-state index in [0.717, 1.165) is 37.4 Å². The highest BCUT2D eigenvalue weighted by Gasteiger charge is 2.06. The van der Waals surface area contributed by atoms with Crippen molar-refractivity contribution < 1.29 is 9.53 Å². The van der Waals surface area contributed by atoms with Gasteiger partial charge in [0.05, 0.1) is 0 Å². The lowest BCUT2D eigenvalue weighted by molar-refractivity contribution is 0.0952. The predicted molar refractivity (Wildman–Crippen MR) is 102 cm³/mol. The average Bonchev–Trinajstić information content (AvgIpc) is 2.67. The molecule has 0 spiro atoms. The molecule has 0 atom stereocenters. The number of benzene rings is 2. The van der Waals surface area contributed by atoms with Crippen LogP contribution in [-0.4, -0.2) is 37.0 Å². The summed E-state index contributed by atoms with van der Waals surface area (Å²) in [5.74, 6) is 0.732. The van der Waals surface area contributed by atoms with Crippen molar-refractivity contribution in [3.8, 4) is 5.75 Å². The number of hydrogen-bond acceptors (Lipinski definition) is 3. The zero-order chi connectivity index (χ0) is 17.9. The number of nitrogens with zero attached hydrogens (tertiary/aromatic N) is 1. The first-order valence-electron chi connectivity index (χ1n) is 9.00. The van der Waals surface area contributed by atoms with Crippen LogP contribution in [0.15, 0.2) is 54.6 Å². The van der Waals surface area contributed by atoms with Crippen LogP contribution in [-0.2, 0) is 6.61 Å². The summed E-state index contributed by atoms with van der Waals surface area (Å²) < 4.78 is 5.74. The molecular weight excluding hydrogens is 312 g/mol. The van der Waals surface area contributed by atoms with Crippen LogP contribution in [0.3, 0.4) is 0 Å². The molecule has 1 amide bonds. The Kier molecular flexibility index (Phi) is 7.99. The predicted octanol–water partition coefficient (Wildman–Crippen LogP) is 3.73. The molecule has 134 valence electrons. The molecule has 0 saturated heterocycles. The first kappa shape index (κ1) is 19.0. The van der Waals surface area contributed by atoms with Crippen molar-refractivity contribution in [2.75, 3.05) is 26.2 Å².